The van der Waals surface area contributed by atoms with Crippen molar-refractivity contribution in [1.82, 2.24) is 10.0 Å². The number of benzene rings is 1. The van der Waals surface area contributed by atoms with Gasteiger partial charge in [-0.25, -0.2) is 13.1 Å². The van der Waals surface area contributed by atoms with Crippen molar-refractivity contribution in [1.29, 1.82) is 0 Å². The van der Waals surface area contributed by atoms with Gasteiger partial charge in [-0.05, 0) is 32.4 Å². The van der Waals surface area contributed by atoms with E-state index < -0.39 is 14.9 Å². The van der Waals surface area contributed by atoms with Crippen LogP contribution in [-0.4, -0.2) is 32.5 Å². The summed E-state index contributed by atoms with van der Waals surface area (Å²) in [5.41, 5.74) is 0.253. The average molecular weight is 299 g/mol. The van der Waals surface area contributed by atoms with Crippen LogP contribution in [0.4, 0.5) is 5.69 Å². The van der Waals surface area contributed by atoms with Crippen LogP contribution in [0.2, 0.25) is 0 Å². The third-order valence-corrected chi connectivity index (χ3v) is 4.82. The molecule has 0 spiro atoms. The normalized spacial score (nSPS) is 19.8. The molecule has 1 saturated heterocycles. The second-order valence-electron chi connectivity index (χ2n) is 4.87. The summed E-state index contributed by atoms with van der Waals surface area (Å²) < 4.78 is 27.0. The van der Waals surface area contributed by atoms with Gasteiger partial charge in [0, 0.05) is 24.2 Å². The van der Waals surface area contributed by atoms with Gasteiger partial charge in [0.05, 0.1) is 9.82 Å². The molecule has 0 aromatic heterocycles. The highest BCUT2D eigenvalue weighted by atomic mass is 32.2. The molecule has 1 heterocycles. The first-order valence-corrected chi connectivity index (χ1v) is 7.86. The minimum absolute atomic E-state index is 0.0691. The molecule has 0 radical (unpaired) electrons. The highest BCUT2D eigenvalue weighted by Crippen LogP contribution is 2.22. The molecule has 2 N–H and O–H groups in total. The number of hydrogen-bond donors (Lipinski definition) is 2. The van der Waals surface area contributed by atoms with E-state index in [1.54, 1.807) is 6.92 Å². The van der Waals surface area contributed by atoms with Crippen molar-refractivity contribution in [3.8, 4) is 0 Å². The summed E-state index contributed by atoms with van der Waals surface area (Å²) in [5.74, 6) is 0. The van der Waals surface area contributed by atoms with E-state index in [-0.39, 0.29) is 16.6 Å². The van der Waals surface area contributed by atoms with Crippen molar-refractivity contribution in [2.75, 3.05) is 13.1 Å². The number of nitro benzene ring substituents is 1. The Labute approximate surface area is 117 Å². The summed E-state index contributed by atoms with van der Waals surface area (Å²) in [5, 5.41) is 14.0. The Kier molecular flexibility index (Phi) is 4.36. The maximum atomic E-state index is 12.2. The fourth-order valence-electron chi connectivity index (χ4n) is 2.19. The van der Waals surface area contributed by atoms with Gasteiger partial charge in [0.2, 0.25) is 10.0 Å². The number of rotatable bonds is 4. The third-order valence-electron chi connectivity index (χ3n) is 3.31. The number of aryl methyl sites for hydroxylation is 1. The topological polar surface area (TPSA) is 101 Å². The van der Waals surface area contributed by atoms with Gasteiger partial charge >= 0.3 is 0 Å². The minimum atomic E-state index is -3.73. The first-order chi connectivity index (χ1) is 9.40. The van der Waals surface area contributed by atoms with Crippen molar-refractivity contribution < 1.29 is 13.3 Å². The van der Waals surface area contributed by atoms with Crippen molar-refractivity contribution in [3.05, 3.63) is 33.9 Å². The molecule has 0 bridgehead atoms. The molecule has 0 unspecified atom stereocenters. The SMILES string of the molecule is Cc1ccc(S(=O)(=O)N[C@@H]2CCCNC2)cc1[N+](=O)[O-]. The number of nitro groups is 1. The summed E-state index contributed by atoms with van der Waals surface area (Å²) in [6.07, 6.45) is 1.67. The Balaban J connectivity index is 2.24. The van der Waals surface area contributed by atoms with E-state index in [2.05, 4.69) is 10.0 Å². The Hall–Kier alpha value is -1.51. The first kappa shape index (κ1) is 14.9. The predicted octanol–water partition coefficient (Wildman–Crippen LogP) is 0.934. The van der Waals surface area contributed by atoms with Crippen molar-refractivity contribution in [2.45, 2.75) is 30.7 Å². The zero-order valence-corrected chi connectivity index (χ0v) is 11.9. The third kappa shape index (κ3) is 3.33. The van der Waals surface area contributed by atoms with Gasteiger partial charge in [-0.1, -0.05) is 6.07 Å². The summed E-state index contributed by atoms with van der Waals surface area (Å²) >= 11 is 0. The zero-order valence-electron chi connectivity index (χ0n) is 11.1. The van der Waals surface area contributed by atoms with Gasteiger partial charge in [0.25, 0.3) is 5.69 Å². The molecule has 1 aliphatic rings. The van der Waals surface area contributed by atoms with Crippen LogP contribution in [0.15, 0.2) is 23.1 Å². The molecule has 1 atom stereocenters. The van der Waals surface area contributed by atoms with Crippen LogP contribution in [0.1, 0.15) is 18.4 Å². The molecule has 0 aliphatic carbocycles. The van der Waals surface area contributed by atoms with Crippen LogP contribution in [-0.2, 0) is 10.0 Å². The number of nitrogens with one attached hydrogen (secondary N) is 2. The maximum absolute atomic E-state index is 12.2. The molecule has 20 heavy (non-hydrogen) atoms. The summed E-state index contributed by atoms with van der Waals surface area (Å²) in [4.78, 5) is 10.2. The number of piperidine rings is 1. The van der Waals surface area contributed by atoms with Crippen LogP contribution in [0.25, 0.3) is 0 Å². The van der Waals surface area contributed by atoms with Crippen molar-refractivity contribution in [3.63, 3.8) is 0 Å². The van der Waals surface area contributed by atoms with Crippen LogP contribution in [0, 0.1) is 17.0 Å². The van der Waals surface area contributed by atoms with E-state index >= 15 is 0 Å². The van der Waals surface area contributed by atoms with Gasteiger partial charge in [-0.15, -0.1) is 0 Å². The fourth-order valence-corrected chi connectivity index (χ4v) is 3.48. The van der Waals surface area contributed by atoms with E-state index in [0.717, 1.165) is 25.5 Å². The molecule has 7 nitrogen and oxygen atoms in total. The van der Waals surface area contributed by atoms with Crippen molar-refractivity contribution in [2.24, 2.45) is 0 Å². The molecule has 0 amide bonds. The molecule has 1 fully saturated rings. The molecule has 2 rings (SSSR count). The highest BCUT2D eigenvalue weighted by Gasteiger charge is 2.24. The van der Waals surface area contributed by atoms with Crippen LogP contribution in [0.3, 0.4) is 0 Å². The molecule has 110 valence electrons. The number of sulfonamides is 1. The Morgan fingerprint density at radius 1 is 1.45 bits per heavy atom. The van der Waals surface area contributed by atoms with Crippen LogP contribution < -0.4 is 10.0 Å². The second-order valence-corrected chi connectivity index (χ2v) is 6.58. The second kappa shape index (κ2) is 5.86. The fraction of sp³-hybridized carbons (Fsp3) is 0.500. The van der Waals surface area contributed by atoms with E-state index in [4.69, 9.17) is 0 Å². The lowest BCUT2D eigenvalue weighted by atomic mass is 10.1. The largest absolute Gasteiger partial charge is 0.315 e. The van der Waals surface area contributed by atoms with E-state index in [1.807, 2.05) is 0 Å². The van der Waals surface area contributed by atoms with Gasteiger partial charge < -0.3 is 5.32 Å². The lowest BCUT2D eigenvalue weighted by molar-refractivity contribution is -0.385. The standard InChI is InChI=1S/C12H17N3O4S/c1-9-4-5-11(7-12(9)15(16)17)20(18,19)14-10-3-2-6-13-8-10/h4-5,7,10,13-14H,2-3,6,8H2,1H3/t10-/m1/s1. The highest BCUT2D eigenvalue weighted by molar-refractivity contribution is 7.89. The molecular weight excluding hydrogens is 282 g/mol. The average Bonchev–Trinajstić information content (AvgIpc) is 2.39. The van der Waals surface area contributed by atoms with Gasteiger partial charge in [-0.3, -0.25) is 10.1 Å². The van der Waals surface area contributed by atoms with Crippen LogP contribution >= 0.6 is 0 Å². The van der Waals surface area contributed by atoms with Crippen LogP contribution in [0.5, 0.6) is 0 Å². The number of hydrogen-bond acceptors (Lipinski definition) is 5. The Morgan fingerprint density at radius 2 is 2.20 bits per heavy atom. The van der Waals surface area contributed by atoms with Crippen molar-refractivity contribution >= 4 is 15.7 Å². The van der Waals surface area contributed by atoms with E-state index in [9.17, 15) is 18.5 Å². The summed E-state index contributed by atoms with van der Waals surface area (Å²) in [6, 6.07) is 3.77. The molecule has 1 aromatic carbocycles. The number of nitrogens with zero attached hydrogens (tertiary/aromatic N) is 1. The summed E-state index contributed by atoms with van der Waals surface area (Å²) in [6.45, 7) is 3.04. The molecular formula is C12H17N3O4S. The molecule has 1 aromatic rings. The van der Waals surface area contributed by atoms with E-state index in [0.29, 0.717) is 12.1 Å². The molecule has 0 saturated carbocycles. The Bertz CT molecular complexity index is 609. The van der Waals surface area contributed by atoms with Gasteiger partial charge in [-0.2, -0.15) is 0 Å². The lowest BCUT2D eigenvalue weighted by Gasteiger charge is -2.23. The maximum Gasteiger partial charge on any atom is 0.273 e. The zero-order chi connectivity index (χ0) is 14.8. The Morgan fingerprint density at radius 3 is 2.80 bits per heavy atom. The minimum Gasteiger partial charge on any atom is -0.315 e. The predicted molar refractivity (Wildman–Crippen MR) is 74.0 cm³/mol. The lowest BCUT2D eigenvalue weighted by Crippen LogP contribution is -2.45. The summed E-state index contributed by atoms with van der Waals surface area (Å²) in [7, 11) is -3.73. The monoisotopic (exact) mass is 299 g/mol. The first-order valence-electron chi connectivity index (χ1n) is 6.38. The quantitative estimate of drug-likeness (QED) is 0.636. The smallest absolute Gasteiger partial charge is 0.273 e. The van der Waals surface area contributed by atoms with E-state index in [1.165, 1.54) is 12.1 Å². The van der Waals surface area contributed by atoms with Gasteiger partial charge in [0.15, 0.2) is 0 Å². The molecule has 1 aliphatic heterocycles. The van der Waals surface area contributed by atoms with Gasteiger partial charge in [0.1, 0.15) is 0 Å². The molecule has 8 heteroatoms.